The van der Waals surface area contributed by atoms with E-state index in [2.05, 4.69) is 24.1 Å². The molecule has 2 rings (SSSR count). The summed E-state index contributed by atoms with van der Waals surface area (Å²) in [6.07, 6.45) is 5.02. The summed E-state index contributed by atoms with van der Waals surface area (Å²) in [6, 6.07) is 3.74. The Morgan fingerprint density at radius 1 is 1.35 bits per heavy atom. The molecule has 20 heavy (non-hydrogen) atoms. The van der Waals surface area contributed by atoms with Crippen molar-refractivity contribution >= 4 is 11.7 Å². The molecule has 0 unspecified atom stereocenters. The molecule has 0 aromatic carbocycles. The lowest BCUT2D eigenvalue weighted by Crippen LogP contribution is -2.32. The van der Waals surface area contributed by atoms with E-state index in [-0.39, 0.29) is 5.91 Å². The highest BCUT2D eigenvalue weighted by molar-refractivity contribution is 5.94. The molecule has 0 atom stereocenters. The minimum Gasteiger partial charge on any atom is -0.370 e. The zero-order valence-corrected chi connectivity index (χ0v) is 12.8. The lowest BCUT2D eigenvalue weighted by Gasteiger charge is -2.23. The van der Waals surface area contributed by atoms with Crippen molar-refractivity contribution in [1.82, 2.24) is 9.88 Å². The summed E-state index contributed by atoms with van der Waals surface area (Å²) in [5, 5.41) is 3.14. The van der Waals surface area contributed by atoms with Crippen molar-refractivity contribution in [1.29, 1.82) is 0 Å². The molecule has 1 aromatic rings. The van der Waals surface area contributed by atoms with Crippen LogP contribution in [0.25, 0.3) is 0 Å². The van der Waals surface area contributed by atoms with Crippen LogP contribution in [-0.4, -0.2) is 35.4 Å². The van der Waals surface area contributed by atoms with Gasteiger partial charge in [0.1, 0.15) is 5.82 Å². The number of carbonyl (C=O) groups is 1. The Bertz CT molecular complexity index is 453. The van der Waals surface area contributed by atoms with Crippen molar-refractivity contribution in [2.45, 2.75) is 40.0 Å². The molecule has 2 heterocycles. The van der Waals surface area contributed by atoms with Crippen LogP contribution in [0.3, 0.4) is 0 Å². The van der Waals surface area contributed by atoms with Gasteiger partial charge in [-0.25, -0.2) is 4.98 Å². The Balaban J connectivity index is 2.03. The predicted octanol–water partition coefficient (Wildman–Crippen LogP) is 3.17. The quantitative estimate of drug-likeness (QED) is 0.921. The number of nitrogens with zero attached hydrogens (tertiary/aromatic N) is 2. The first-order chi connectivity index (χ1) is 9.52. The molecule has 0 radical (unpaired) electrons. The van der Waals surface area contributed by atoms with Crippen LogP contribution < -0.4 is 5.32 Å². The van der Waals surface area contributed by atoms with E-state index in [0.717, 1.165) is 38.3 Å². The number of anilines is 1. The first-order valence-electron chi connectivity index (χ1n) is 7.51. The van der Waals surface area contributed by atoms with Gasteiger partial charge < -0.3 is 10.2 Å². The van der Waals surface area contributed by atoms with E-state index in [9.17, 15) is 4.79 Å². The minimum atomic E-state index is 0.109. The molecule has 4 heteroatoms. The third-order valence-corrected chi connectivity index (χ3v) is 4.00. The molecule has 1 aliphatic rings. The van der Waals surface area contributed by atoms with E-state index < -0.39 is 0 Å². The van der Waals surface area contributed by atoms with Crippen molar-refractivity contribution in [3.05, 3.63) is 23.9 Å². The standard InChI is InChI=1S/C16H25N3O/c1-4-17-14-7-6-13(12-18-14)15(20)19-10-5-8-16(2,3)9-11-19/h6-7,12H,4-5,8-11H2,1-3H3,(H,17,18). The highest BCUT2D eigenvalue weighted by Crippen LogP contribution is 2.30. The van der Waals surface area contributed by atoms with Gasteiger partial charge in [0.25, 0.3) is 5.91 Å². The average molecular weight is 275 g/mol. The number of hydrogen-bond donors (Lipinski definition) is 1. The maximum atomic E-state index is 12.5. The number of amides is 1. The lowest BCUT2D eigenvalue weighted by atomic mass is 9.85. The van der Waals surface area contributed by atoms with Crippen molar-refractivity contribution < 1.29 is 4.79 Å². The molecule has 4 nitrogen and oxygen atoms in total. The Kier molecular flexibility index (Phi) is 4.63. The first kappa shape index (κ1) is 14.8. The van der Waals surface area contributed by atoms with Gasteiger partial charge in [-0.1, -0.05) is 13.8 Å². The topological polar surface area (TPSA) is 45.2 Å². The van der Waals surface area contributed by atoms with Gasteiger partial charge in [-0.3, -0.25) is 4.79 Å². The van der Waals surface area contributed by atoms with Crippen LogP contribution in [0, 0.1) is 5.41 Å². The number of carbonyl (C=O) groups excluding carboxylic acids is 1. The van der Waals surface area contributed by atoms with Gasteiger partial charge in [0.05, 0.1) is 5.56 Å². The van der Waals surface area contributed by atoms with Crippen molar-refractivity contribution in [2.24, 2.45) is 5.41 Å². The van der Waals surface area contributed by atoms with Crippen LogP contribution >= 0.6 is 0 Å². The third kappa shape index (κ3) is 3.71. The molecule has 1 aliphatic heterocycles. The van der Waals surface area contributed by atoms with Gasteiger partial charge in [0.2, 0.25) is 0 Å². The van der Waals surface area contributed by atoms with E-state index in [1.807, 2.05) is 24.0 Å². The number of likely N-dealkylation sites (tertiary alicyclic amines) is 1. The number of hydrogen-bond acceptors (Lipinski definition) is 3. The summed E-state index contributed by atoms with van der Waals surface area (Å²) >= 11 is 0. The number of pyridine rings is 1. The first-order valence-corrected chi connectivity index (χ1v) is 7.51. The minimum absolute atomic E-state index is 0.109. The van der Waals surface area contributed by atoms with Crippen LogP contribution in [-0.2, 0) is 0 Å². The fourth-order valence-electron chi connectivity index (χ4n) is 2.61. The van der Waals surface area contributed by atoms with Crippen LogP contribution in [0.4, 0.5) is 5.82 Å². The van der Waals surface area contributed by atoms with Crippen LogP contribution in [0.15, 0.2) is 18.3 Å². The Morgan fingerprint density at radius 3 is 2.80 bits per heavy atom. The highest BCUT2D eigenvalue weighted by Gasteiger charge is 2.25. The maximum Gasteiger partial charge on any atom is 0.255 e. The summed E-state index contributed by atoms with van der Waals surface area (Å²) in [6.45, 7) is 9.14. The monoisotopic (exact) mass is 275 g/mol. The summed E-state index contributed by atoms with van der Waals surface area (Å²) in [5.41, 5.74) is 1.04. The summed E-state index contributed by atoms with van der Waals surface area (Å²) in [5.74, 6) is 0.930. The summed E-state index contributed by atoms with van der Waals surface area (Å²) < 4.78 is 0. The van der Waals surface area contributed by atoms with Gasteiger partial charge >= 0.3 is 0 Å². The molecule has 1 fully saturated rings. The van der Waals surface area contributed by atoms with Crippen LogP contribution in [0.1, 0.15) is 50.4 Å². The highest BCUT2D eigenvalue weighted by atomic mass is 16.2. The lowest BCUT2D eigenvalue weighted by molar-refractivity contribution is 0.0757. The second kappa shape index (κ2) is 6.25. The SMILES string of the molecule is CCNc1ccc(C(=O)N2CCCC(C)(C)CC2)cn1. The molecular weight excluding hydrogens is 250 g/mol. The van der Waals surface area contributed by atoms with E-state index in [1.54, 1.807) is 6.20 Å². The van der Waals surface area contributed by atoms with E-state index in [4.69, 9.17) is 0 Å². The second-order valence-electron chi connectivity index (χ2n) is 6.27. The van der Waals surface area contributed by atoms with E-state index in [1.165, 1.54) is 6.42 Å². The molecule has 1 aromatic heterocycles. The zero-order chi connectivity index (χ0) is 14.6. The number of nitrogens with one attached hydrogen (secondary N) is 1. The Labute approximate surface area is 121 Å². The Morgan fingerprint density at radius 2 is 2.15 bits per heavy atom. The van der Waals surface area contributed by atoms with Gasteiger partial charge in [0.15, 0.2) is 0 Å². The summed E-state index contributed by atoms with van der Waals surface area (Å²) in [4.78, 5) is 18.7. The van der Waals surface area contributed by atoms with Crippen molar-refractivity contribution in [3.63, 3.8) is 0 Å². The Hall–Kier alpha value is -1.58. The fourth-order valence-corrected chi connectivity index (χ4v) is 2.61. The number of rotatable bonds is 3. The second-order valence-corrected chi connectivity index (χ2v) is 6.27. The zero-order valence-electron chi connectivity index (χ0n) is 12.8. The molecule has 1 N–H and O–H groups in total. The average Bonchev–Trinajstić information content (AvgIpc) is 2.60. The predicted molar refractivity (Wildman–Crippen MR) is 81.9 cm³/mol. The molecule has 0 spiro atoms. The number of aromatic nitrogens is 1. The third-order valence-electron chi connectivity index (χ3n) is 4.00. The summed E-state index contributed by atoms with van der Waals surface area (Å²) in [7, 11) is 0. The van der Waals surface area contributed by atoms with Gasteiger partial charge in [-0.15, -0.1) is 0 Å². The van der Waals surface area contributed by atoms with Gasteiger partial charge in [0, 0.05) is 25.8 Å². The molecule has 110 valence electrons. The smallest absolute Gasteiger partial charge is 0.255 e. The maximum absolute atomic E-state index is 12.5. The van der Waals surface area contributed by atoms with Gasteiger partial charge in [-0.2, -0.15) is 0 Å². The van der Waals surface area contributed by atoms with Crippen LogP contribution in [0.5, 0.6) is 0 Å². The molecular formula is C16H25N3O. The van der Waals surface area contributed by atoms with Crippen molar-refractivity contribution in [3.8, 4) is 0 Å². The molecule has 0 aliphatic carbocycles. The van der Waals surface area contributed by atoms with Gasteiger partial charge in [-0.05, 0) is 43.7 Å². The molecule has 0 saturated carbocycles. The van der Waals surface area contributed by atoms with Crippen LogP contribution in [0.2, 0.25) is 0 Å². The van der Waals surface area contributed by atoms with E-state index >= 15 is 0 Å². The molecule has 0 bridgehead atoms. The normalized spacial score (nSPS) is 18.4. The molecule has 1 amide bonds. The fraction of sp³-hybridized carbons (Fsp3) is 0.625. The van der Waals surface area contributed by atoms with Crippen molar-refractivity contribution in [2.75, 3.05) is 25.0 Å². The largest absolute Gasteiger partial charge is 0.370 e. The molecule has 1 saturated heterocycles. The van der Waals surface area contributed by atoms with E-state index in [0.29, 0.717) is 11.0 Å².